The van der Waals surface area contributed by atoms with Crippen LogP contribution >= 0.6 is 11.6 Å². The number of Topliss-reactive ketones (excluding diaryl/α,β-unsaturated/α-hetero) is 1. The topological polar surface area (TPSA) is 48.3 Å². The third-order valence-corrected chi connectivity index (χ3v) is 4.42. The van der Waals surface area contributed by atoms with Crippen LogP contribution in [0.4, 0.5) is 4.39 Å². The number of aromatic nitrogens is 1. The zero-order valence-corrected chi connectivity index (χ0v) is 14.2. The van der Waals surface area contributed by atoms with Crippen molar-refractivity contribution in [3.8, 4) is 0 Å². The third-order valence-electron chi connectivity index (χ3n) is 4.18. The molecule has 0 aliphatic heterocycles. The van der Waals surface area contributed by atoms with E-state index in [1.165, 1.54) is 12.1 Å². The highest BCUT2D eigenvalue weighted by Crippen LogP contribution is 2.38. The lowest BCUT2D eigenvalue weighted by Crippen LogP contribution is -2.16. The summed E-state index contributed by atoms with van der Waals surface area (Å²) in [4.78, 5) is 24.3. The molecule has 0 radical (unpaired) electrons. The predicted molar refractivity (Wildman–Crippen MR) is 88.2 cm³/mol. The Morgan fingerprint density at radius 1 is 1.25 bits per heavy atom. The fourth-order valence-corrected chi connectivity index (χ4v) is 3.05. The van der Waals surface area contributed by atoms with Crippen molar-refractivity contribution in [2.24, 2.45) is 0 Å². The van der Waals surface area contributed by atoms with Crippen molar-refractivity contribution in [2.75, 3.05) is 6.61 Å². The number of aryl methyl sites for hydroxylation is 1. The van der Waals surface area contributed by atoms with Gasteiger partial charge in [0.25, 0.3) is 0 Å². The van der Waals surface area contributed by atoms with Crippen molar-refractivity contribution in [3.63, 3.8) is 0 Å². The van der Waals surface area contributed by atoms with Crippen LogP contribution in [0.1, 0.15) is 51.0 Å². The molecule has 2 aromatic rings. The zero-order chi connectivity index (χ0) is 17.4. The normalized spacial score (nSPS) is 13.8. The number of carbonyl (C=O) groups is 2. The van der Waals surface area contributed by atoms with Crippen LogP contribution in [0.3, 0.4) is 0 Å². The highest BCUT2D eigenvalue weighted by atomic mass is 35.5. The van der Waals surface area contributed by atoms with Gasteiger partial charge in [-0.1, -0.05) is 11.6 Å². The lowest BCUT2D eigenvalue weighted by atomic mass is 10.1. The van der Waals surface area contributed by atoms with E-state index in [9.17, 15) is 14.0 Å². The maximum atomic E-state index is 13.7. The number of carbonyl (C=O) groups excluding carboxylic acids is 2. The average Bonchev–Trinajstić information content (AvgIpc) is 3.30. The Balaban J connectivity index is 1.69. The molecule has 126 valence electrons. The van der Waals surface area contributed by atoms with E-state index in [-0.39, 0.29) is 16.4 Å². The SMILES string of the molecule is Cc1cc(C(=O)COC(=O)c2ccc(Cl)cc2F)c(C)n1C1CC1. The van der Waals surface area contributed by atoms with E-state index in [1.807, 2.05) is 19.9 Å². The molecule has 0 unspecified atom stereocenters. The fraction of sp³-hybridized carbons (Fsp3) is 0.333. The summed E-state index contributed by atoms with van der Waals surface area (Å²) >= 11 is 5.65. The molecule has 0 amide bonds. The summed E-state index contributed by atoms with van der Waals surface area (Å²) < 4.78 is 20.8. The Morgan fingerprint density at radius 3 is 2.58 bits per heavy atom. The quantitative estimate of drug-likeness (QED) is 0.598. The molecular formula is C18H17ClFNO3. The van der Waals surface area contributed by atoms with E-state index in [1.54, 1.807) is 0 Å². The average molecular weight is 350 g/mol. The van der Waals surface area contributed by atoms with Crippen LogP contribution in [0.15, 0.2) is 24.3 Å². The van der Waals surface area contributed by atoms with Gasteiger partial charge < -0.3 is 9.30 Å². The maximum Gasteiger partial charge on any atom is 0.341 e. The number of ether oxygens (including phenoxy) is 1. The lowest BCUT2D eigenvalue weighted by molar-refractivity contribution is 0.0470. The molecule has 0 N–H and O–H groups in total. The van der Waals surface area contributed by atoms with E-state index >= 15 is 0 Å². The van der Waals surface area contributed by atoms with E-state index in [2.05, 4.69) is 4.57 Å². The van der Waals surface area contributed by atoms with Crippen LogP contribution in [0, 0.1) is 19.7 Å². The summed E-state index contributed by atoms with van der Waals surface area (Å²) in [6.07, 6.45) is 2.24. The highest BCUT2D eigenvalue weighted by molar-refractivity contribution is 6.30. The Morgan fingerprint density at radius 2 is 1.96 bits per heavy atom. The number of ketones is 1. The Labute approximate surface area is 144 Å². The number of halogens is 2. The fourth-order valence-electron chi connectivity index (χ4n) is 2.90. The van der Waals surface area contributed by atoms with Gasteiger partial charge in [0.05, 0.1) is 5.56 Å². The molecule has 1 saturated carbocycles. The van der Waals surface area contributed by atoms with Crippen molar-refractivity contribution in [2.45, 2.75) is 32.7 Å². The second-order valence-electron chi connectivity index (χ2n) is 6.01. The minimum absolute atomic E-state index is 0.188. The molecule has 0 bridgehead atoms. The van der Waals surface area contributed by atoms with Gasteiger partial charge in [0.2, 0.25) is 5.78 Å². The number of rotatable bonds is 5. The van der Waals surface area contributed by atoms with E-state index < -0.39 is 18.4 Å². The third kappa shape index (κ3) is 3.22. The second-order valence-corrected chi connectivity index (χ2v) is 6.45. The van der Waals surface area contributed by atoms with Crippen molar-refractivity contribution in [1.29, 1.82) is 0 Å². The lowest BCUT2D eigenvalue weighted by Gasteiger charge is -2.08. The molecule has 4 nitrogen and oxygen atoms in total. The van der Waals surface area contributed by atoms with E-state index in [0.717, 1.165) is 30.3 Å². The number of hydrogen-bond acceptors (Lipinski definition) is 3. The summed E-state index contributed by atoms with van der Waals surface area (Å²) in [5.74, 6) is -1.95. The number of hydrogen-bond donors (Lipinski definition) is 0. The standard InChI is InChI=1S/C18H17ClFNO3/c1-10-7-15(11(2)21(10)13-4-5-13)17(22)9-24-18(23)14-6-3-12(19)8-16(14)20/h3,6-8,13H,4-5,9H2,1-2H3. The highest BCUT2D eigenvalue weighted by Gasteiger charge is 2.28. The van der Waals surface area contributed by atoms with Crippen LogP contribution in [0.25, 0.3) is 0 Å². The van der Waals surface area contributed by atoms with Crippen LogP contribution in [-0.4, -0.2) is 22.9 Å². The van der Waals surface area contributed by atoms with Gasteiger partial charge in [0, 0.05) is 28.0 Å². The van der Waals surface area contributed by atoms with Gasteiger partial charge in [0.1, 0.15) is 5.82 Å². The Kier molecular flexibility index (Phi) is 4.45. The molecule has 1 heterocycles. The molecule has 0 spiro atoms. The first-order valence-corrected chi connectivity index (χ1v) is 8.10. The summed E-state index contributed by atoms with van der Waals surface area (Å²) in [7, 11) is 0. The second kappa shape index (κ2) is 6.40. The number of benzene rings is 1. The van der Waals surface area contributed by atoms with Crippen molar-refractivity contribution < 1.29 is 18.7 Å². The molecule has 1 aliphatic carbocycles. The van der Waals surface area contributed by atoms with Gasteiger partial charge in [-0.25, -0.2) is 9.18 Å². The Bertz CT molecular complexity index is 824. The first-order valence-electron chi connectivity index (χ1n) is 7.72. The number of nitrogens with zero attached hydrogens (tertiary/aromatic N) is 1. The van der Waals surface area contributed by atoms with Gasteiger partial charge in [-0.2, -0.15) is 0 Å². The van der Waals surface area contributed by atoms with Gasteiger partial charge in [-0.15, -0.1) is 0 Å². The molecule has 1 aliphatic rings. The first kappa shape index (κ1) is 16.7. The zero-order valence-electron chi connectivity index (χ0n) is 13.4. The summed E-state index contributed by atoms with van der Waals surface area (Å²) in [5.41, 5.74) is 2.21. The molecular weight excluding hydrogens is 333 g/mol. The van der Waals surface area contributed by atoms with Gasteiger partial charge in [-0.3, -0.25) is 4.79 Å². The largest absolute Gasteiger partial charge is 0.454 e. The van der Waals surface area contributed by atoms with E-state index in [4.69, 9.17) is 16.3 Å². The molecule has 3 rings (SSSR count). The van der Waals surface area contributed by atoms with Crippen molar-refractivity contribution >= 4 is 23.4 Å². The summed E-state index contributed by atoms with van der Waals surface area (Å²) in [5, 5.41) is 0.188. The van der Waals surface area contributed by atoms with Gasteiger partial charge in [-0.05, 0) is 51.0 Å². The van der Waals surface area contributed by atoms with Crippen LogP contribution in [-0.2, 0) is 4.74 Å². The summed E-state index contributed by atoms with van der Waals surface area (Å²) in [6, 6.07) is 5.95. The van der Waals surface area contributed by atoms with Crippen molar-refractivity contribution in [3.05, 3.63) is 57.6 Å². The van der Waals surface area contributed by atoms with Gasteiger partial charge in [0.15, 0.2) is 6.61 Å². The van der Waals surface area contributed by atoms with E-state index in [0.29, 0.717) is 11.6 Å². The first-order chi connectivity index (χ1) is 11.4. The molecule has 1 aromatic carbocycles. The molecule has 6 heteroatoms. The molecule has 24 heavy (non-hydrogen) atoms. The minimum Gasteiger partial charge on any atom is -0.454 e. The van der Waals surface area contributed by atoms with Crippen LogP contribution in [0.2, 0.25) is 5.02 Å². The van der Waals surface area contributed by atoms with Crippen LogP contribution < -0.4 is 0 Å². The smallest absolute Gasteiger partial charge is 0.341 e. The molecule has 0 atom stereocenters. The Hall–Kier alpha value is -2.14. The predicted octanol–water partition coefficient (Wildman–Crippen LogP) is 4.27. The molecule has 1 aromatic heterocycles. The van der Waals surface area contributed by atoms with Crippen molar-refractivity contribution in [1.82, 2.24) is 4.57 Å². The molecule has 0 saturated heterocycles. The number of esters is 1. The minimum atomic E-state index is -0.881. The van der Waals surface area contributed by atoms with Crippen LogP contribution in [0.5, 0.6) is 0 Å². The molecule has 1 fully saturated rings. The summed E-state index contributed by atoms with van der Waals surface area (Å²) in [6.45, 7) is 3.42. The maximum absolute atomic E-state index is 13.7. The van der Waals surface area contributed by atoms with Gasteiger partial charge >= 0.3 is 5.97 Å². The monoisotopic (exact) mass is 349 g/mol.